The number of methoxy groups -OCH3 is 1. The number of halogens is 1. The van der Waals surface area contributed by atoms with Crippen molar-refractivity contribution in [2.45, 2.75) is 81.1 Å². The summed E-state index contributed by atoms with van der Waals surface area (Å²) in [5, 5.41) is 0. The highest BCUT2D eigenvalue weighted by atomic mass is 19.1. The van der Waals surface area contributed by atoms with Crippen LogP contribution in [0.3, 0.4) is 0 Å². The molecule has 0 aromatic heterocycles. The van der Waals surface area contributed by atoms with Gasteiger partial charge in [0.1, 0.15) is 12.4 Å². The van der Waals surface area contributed by atoms with Crippen molar-refractivity contribution in [3.8, 4) is 0 Å². The summed E-state index contributed by atoms with van der Waals surface area (Å²) in [6.07, 6.45) is 13.2. The normalized spacial score (nSPS) is 20.9. The molecule has 1 heterocycles. The van der Waals surface area contributed by atoms with Gasteiger partial charge in [0.25, 0.3) is 0 Å². The standard InChI is InChI=1S/C22H35NO2.C5H9F.C2H6/c1-7-9-13-23(8-2)16-20-17-25-14-11-10-12-21(24-6)15-19(5)22(20)18(3)4;1-3-5(6)4-2;1-2/h11-12,14-15H,3,7-10,13,16-17H2,1-2,4-6H3;3H,4H2,1-2H3;1-2H3/b14-11+,19-15+,21-12+,22-20-;5-3+;. The second-order valence-corrected chi connectivity index (χ2v) is 7.63. The van der Waals surface area contributed by atoms with Gasteiger partial charge in [-0.15, -0.1) is 0 Å². The van der Waals surface area contributed by atoms with Gasteiger partial charge in [-0.25, -0.2) is 4.39 Å². The average Bonchev–Trinajstić information content (AvgIpc) is 2.86. The van der Waals surface area contributed by atoms with E-state index in [1.165, 1.54) is 35.6 Å². The molecular weight excluding hydrogens is 413 g/mol. The molecule has 190 valence electrons. The SMILES string of the molecule is C/C=C(/F)CC.C=C(C)C1=C(/CN(CC)CCCC)CO/C=C/C\C=C(OC)/C=C/1C.CC. The first-order valence-corrected chi connectivity index (χ1v) is 12.4. The van der Waals surface area contributed by atoms with Crippen molar-refractivity contribution in [1.82, 2.24) is 4.90 Å². The first-order chi connectivity index (χ1) is 15.8. The largest absolute Gasteiger partial charge is 0.497 e. The molecule has 0 atom stereocenters. The maximum absolute atomic E-state index is 11.7. The number of hydrogen-bond donors (Lipinski definition) is 0. The minimum absolute atomic E-state index is 0.0324. The molecule has 4 heteroatoms. The summed E-state index contributed by atoms with van der Waals surface area (Å²) >= 11 is 0. The molecule has 3 nitrogen and oxygen atoms in total. The Kier molecular flexibility index (Phi) is 21.8. The van der Waals surface area contributed by atoms with E-state index in [9.17, 15) is 4.39 Å². The fourth-order valence-corrected chi connectivity index (χ4v) is 3.26. The lowest BCUT2D eigenvalue weighted by atomic mass is 9.94. The van der Waals surface area contributed by atoms with Gasteiger partial charge in [-0.3, -0.25) is 4.90 Å². The minimum atomic E-state index is -0.0324. The van der Waals surface area contributed by atoms with Gasteiger partial charge < -0.3 is 9.47 Å². The number of rotatable bonds is 9. The summed E-state index contributed by atoms with van der Waals surface area (Å²) in [4.78, 5) is 2.48. The molecule has 0 radical (unpaired) electrons. The zero-order chi connectivity index (χ0) is 25.6. The molecule has 1 aliphatic heterocycles. The Morgan fingerprint density at radius 2 is 1.94 bits per heavy atom. The molecule has 0 aromatic rings. The van der Waals surface area contributed by atoms with Crippen LogP contribution < -0.4 is 0 Å². The molecule has 0 spiro atoms. The van der Waals surface area contributed by atoms with Crippen LogP contribution in [0, 0.1) is 0 Å². The number of nitrogens with zero attached hydrogens (tertiary/aromatic N) is 1. The van der Waals surface area contributed by atoms with Crippen LogP contribution in [0.2, 0.25) is 0 Å². The lowest BCUT2D eigenvalue weighted by Crippen LogP contribution is -2.28. The quantitative estimate of drug-likeness (QED) is 0.341. The van der Waals surface area contributed by atoms with E-state index in [0.717, 1.165) is 37.4 Å². The van der Waals surface area contributed by atoms with Crippen LogP contribution >= 0.6 is 0 Å². The molecule has 1 aliphatic rings. The summed E-state index contributed by atoms with van der Waals surface area (Å²) in [7, 11) is 1.71. The third kappa shape index (κ3) is 15.4. The van der Waals surface area contributed by atoms with E-state index < -0.39 is 0 Å². The summed E-state index contributed by atoms with van der Waals surface area (Å²) in [5.74, 6) is 0.843. The Morgan fingerprint density at radius 1 is 1.27 bits per heavy atom. The van der Waals surface area contributed by atoms with Crippen LogP contribution in [-0.2, 0) is 9.47 Å². The van der Waals surface area contributed by atoms with Crippen molar-refractivity contribution >= 4 is 0 Å². The van der Waals surface area contributed by atoms with Crippen LogP contribution in [0.1, 0.15) is 81.1 Å². The van der Waals surface area contributed by atoms with E-state index in [0.29, 0.717) is 13.0 Å². The predicted octanol–water partition coefficient (Wildman–Crippen LogP) is 8.69. The van der Waals surface area contributed by atoms with E-state index in [4.69, 9.17) is 9.47 Å². The van der Waals surface area contributed by atoms with Crippen molar-refractivity contribution in [3.63, 3.8) is 0 Å². The number of likely N-dealkylation sites (N-methyl/N-ethyl adjacent to an activating group) is 1. The topological polar surface area (TPSA) is 21.7 Å². The molecule has 0 saturated heterocycles. The van der Waals surface area contributed by atoms with Gasteiger partial charge in [0, 0.05) is 6.54 Å². The summed E-state index contributed by atoms with van der Waals surface area (Å²) < 4.78 is 23.0. The van der Waals surface area contributed by atoms with Gasteiger partial charge in [-0.2, -0.15) is 0 Å². The highest BCUT2D eigenvalue weighted by molar-refractivity contribution is 5.49. The number of ether oxygens (including phenoxy) is 2. The van der Waals surface area contributed by atoms with Crippen LogP contribution in [0.4, 0.5) is 4.39 Å². The van der Waals surface area contributed by atoms with Crippen LogP contribution in [0.5, 0.6) is 0 Å². The predicted molar refractivity (Wildman–Crippen MR) is 144 cm³/mol. The first-order valence-electron chi connectivity index (χ1n) is 12.4. The maximum atomic E-state index is 11.7. The molecule has 1 rings (SSSR count). The van der Waals surface area contributed by atoms with Crippen molar-refractivity contribution in [3.05, 3.63) is 71.0 Å². The van der Waals surface area contributed by atoms with E-state index in [2.05, 4.69) is 51.3 Å². The molecule has 0 aromatic carbocycles. The first kappa shape index (κ1) is 33.1. The molecule has 33 heavy (non-hydrogen) atoms. The van der Waals surface area contributed by atoms with Crippen molar-refractivity contribution in [2.24, 2.45) is 0 Å². The molecule has 0 bridgehead atoms. The Labute approximate surface area is 204 Å². The van der Waals surface area contributed by atoms with Crippen LogP contribution in [0.25, 0.3) is 0 Å². The van der Waals surface area contributed by atoms with Gasteiger partial charge in [0.05, 0.1) is 19.2 Å². The average molecular weight is 464 g/mol. The second-order valence-electron chi connectivity index (χ2n) is 7.63. The molecule has 0 fully saturated rings. The van der Waals surface area contributed by atoms with Crippen molar-refractivity contribution in [2.75, 3.05) is 33.4 Å². The molecule has 0 unspecified atom stereocenters. The Hall–Kier alpha value is -2.07. The van der Waals surface area contributed by atoms with E-state index in [-0.39, 0.29) is 5.83 Å². The number of hydrogen-bond acceptors (Lipinski definition) is 3. The summed E-state index contributed by atoms with van der Waals surface area (Å²) in [5.41, 5.74) is 4.72. The fourth-order valence-electron chi connectivity index (χ4n) is 3.26. The zero-order valence-electron chi connectivity index (χ0n) is 22.9. The number of allylic oxidation sites excluding steroid dienone is 8. The van der Waals surface area contributed by atoms with Crippen LogP contribution in [-0.4, -0.2) is 38.3 Å². The smallest absolute Gasteiger partial charge is 0.115 e. The zero-order valence-corrected chi connectivity index (χ0v) is 22.9. The third-order valence-corrected chi connectivity index (χ3v) is 5.01. The molecule has 0 N–H and O–H groups in total. The minimum Gasteiger partial charge on any atom is -0.497 e. The lowest BCUT2D eigenvalue weighted by molar-refractivity contribution is 0.249. The summed E-state index contributed by atoms with van der Waals surface area (Å²) in [6.45, 7) is 24.0. The second kappa shape index (κ2) is 21.8. The third-order valence-electron chi connectivity index (χ3n) is 5.01. The molecule has 0 saturated carbocycles. The monoisotopic (exact) mass is 463 g/mol. The highest BCUT2D eigenvalue weighted by Crippen LogP contribution is 2.25. The van der Waals surface area contributed by atoms with Gasteiger partial charge in [-0.1, -0.05) is 59.3 Å². The lowest BCUT2D eigenvalue weighted by Gasteiger charge is -2.25. The summed E-state index contributed by atoms with van der Waals surface area (Å²) in [6, 6.07) is 0. The molecule has 0 amide bonds. The van der Waals surface area contributed by atoms with Gasteiger partial charge in [0.15, 0.2) is 0 Å². The Morgan fingerprint density at radius 3 is 2.39 bits per heavy atom. The number of unbranched alkanes of at least 4 members (excludes halogenated alkanes) is 1. The van der Waals surface area contributed by atoms with Crippen LogP contribution in [0.15, 0.2) is 71.0 Å². The Bertz CT molecular complexity index is 684. The van der Waals surface area contributed by atoms with Gasteiger partial charge >= 0.3 is 0 Å². The van der Waals surface area contributed by atoms with Crippen molar-refractivity contribution < 1.29 is 13.9 Å². The van der Waals surface area contributed by atoms with E-state index in [1.54, 1.807) is 27.2 Å². The van der Waals surface area contributed by atoms with Crippen molar-refractivity contribution in [1.29, 1.82) is 0 Å². The van der Waals surface area contributed by atoms with E-state index in [1.807, 2.05) is 19.9 Å². The van der Waals surface area contributed by atoms with Gasteiger partial charge in [0.2, 0.25) is 0 Å². The molecule has 0 aliphatic carbocycles. The maximum Gasteiger partial charge on any atom is 0.115 e. The fraction of sp³-hybridized carbons (Fsp3) is 0.586. The van der Waals surface area contributed by atoms with Gasteiger partial charge in [-0.05, 0) is 88.1 Å². The molecular formula is C29H50FNO2. The van der Waals surface area contributed by atoms with E-state index >= 15 is 0 Å². The highest BCUT2D eigenvalue weighted by Gasteiger charge is 2.15. The Balaban J connectivity index is 0.